The number of nitrogens with zero attached hydrogens (tertiary/aromatic N) is 2. The minimum absolute atomic E-state index is 0.0338. The highest BCUT2D eigenvalue weighted by Gasteiger charge is 2.37. The van der Waals surface area contributed by atoms with Crippen LogP contribution in [0.25, 0.3) is 0 Å². The molecule has 6 nitrogen and oxygen atoms in total. The highest BCUT2D eigenvalue weighted by Crippen LogP contribution is 2.25. The average molecular weight is 458 g/mol. The Morgan fingerprint density at radius 1 is 0.938 bits per heavy atom. The van der Waals surface area contributed by atoms with Crippen LogP contribution in [0.4, 0.5) is 4.39 Å². The van der Waals surface area contributed by atoms with Crippen LogP contribution in [0.1, 0.15) is 52.1 Å². The van der Waals surface area contributed by atoms with Gasteiger partial charge in [0.15, 0.2) is 0 Å². The molecule has 1 aromatic carbocycles. The quantitative estimate of drug-likeness (QED) is 0.747. The third-order valence-corrected chi connectivity index (χ3v) is 7.24. The molecule has 0 saturated carbocycles. The summed E-state index contributed by atoms with van der Waals surface area (Å²) in [5, 5.41) is 4.82. The van der Waals surface area contributed by atoms with Crippen LogP contribution in [0.3, 0.4) is 0 Å². The summed E-state index contributed by atoms with van der Waals surface area (Å²) < 4.78 is 14.0. The van der Waals surface area contributed by atoms with Crippen molar-refractivity contribution in [2.75, 3.05) is 26.2 Å². The second-order valence-corrected chi connectivity index (χ2v) is 9.37. The summed E-state index contributed by atoms with van der Waals surface area (Å²) in [5.74, 6) is -1.20. The molecule has 1 unspecified atom stereocenters. The van der Waals surface area contributed by atoms with Gasteiger partial charge in [0.1, 0.15) is 11.9 Å². The van der Waals surface area contributed by atoms with Crippen molar-refractivity contribution in [1.29, 1.82) is 0 Å². The second-order valence-electron chi connectivity index (χ2n) is 8.42. The summed E-state index contributed by atoms with van der Waals surface area (Å²) in [5.41, 5.74) is 0.0675. The van der Waals surface area contributed by atoms with Gasteiger partial charge in [-0.05, 0) is 61.6 Å². The van der Waals surface area contributed by atoms with Crippen molar-refractivity contribution in [1.82, 2.24) is 15.1 Å². The van der Waals surface area contributed by atoms with Crippen molar-refractivity contribution in [2.45, 2.75) is 38.1 Å². The molecule has 2 aliphatic heterocycles. The van der Waals surface area contributed by atoms with E-state index in [9.17, 15) is 18.8 Å². The smallest absolute Gasteiger partial charge is 0.262 e. The molecule has 2 saturated heterocycles. The lowest BCUT2D eigenvalue weighted by Crippen LogP contribution is -2.55. The van der Waals surface area contributed by atoms with E-state index in [-0.39, 0.29) is 29.2 Å². The topological polar surface area (TPSA) is 69.7 Å². The molecule has 2 aliphatic rings. The lowest BCUT2D eigenvalue weighted by molar-refractivity contribution is -0.136. The normalized spacial score (nSPS) is 18.3. The van der Waals surface area contributed by atoms with Crippen LogP contribution in [0.15, 0.2) is 41.8 Å². The van der Waals surface area contributed by atoms with Gasteiger partial charge in [-0.3, -0.25) is 14.4 Å². The SMILES string of the molecule is O=C(NC(C(=O)N1CCCCC1)C1CCN(C(=O)c2ccccc2F)CC1)c1cccs1. The van der Waals surface area contributed by atoms with Gasteiger partial charge in [-0.25, -0.2) is 4.39 Å². The molecule has 4 rings (SSSR count). The van der Waals surface area contributed by atoms with E-state index in [0.29, 0.717) is 30.8 Å². The van der Waals surface area contributed by atoms with Gasteiger partial charge in [0.05, 0.1) is 10.4 Å². The minimum Gasteiger partial charge on any atom is -0.341 e. The van der Waals surface area contributed by atoms with E-state index in [2.05, 4.69) is 5.32 Å². The van der Waals surface area contributed by atoms with Crippen LogP contribution in [0.5, 0.6) is 0 Å². The maximum absolute atomic E-state index is 14.0. The van der Waals surface area contributed by atoms with E-state index in [0.717, 1.165) is 32.4 Å². The lowest BCUT2D eigenvalue weighted by Gasteiger charge is -2.38. The molecule has 1 aromatic heterocycles. The molecular weight excluding hydrogens is 429 g/mol. The molecule has 0 radical (unpaired) electrons. The first-order valence-corrected chi connectivity index (χ1v) is 12.1. The van der Waals surface area contributed by atoms with Crippen molar-refractivity contribution < 1.29 is 18.8 Å². The van der Waals surface area contributed by atoms with Gasteiger partial charge >= 0.3 is 0 Å². The van der Waals surface area contributed by atoms with Gasteiger partial charge in [0.25, 0.3) is 11.8 Å². The number of amides is 3. The monoisotopic (exact) mass is 457 g/mol. The summed E-state index contributed by atoms with van der Waals surface area (Å²) >= 11 is 1.34. The summed E-state index contributed by atoms with van der Waals surface area (Å²) in [4.78, 5) is 43.0. The fourth-order valence-electron chi connectivity index (χ4n) is 4.55. The van der Waals surface area contributed by atoms with Crippen LogP contribution in [0, 0.1) is 11.7 Å². The third-order valence-electron chi connectivity index (χ3n) is 6.37. The Labute approximate surface area is 191 Å². The minimum atomic E-state index is -0.617. The molecule has 1 atom stereocenters. The van der Waals surface area contributed by atoms with Gasteiger partial charge in [-0.15, -0.1) is 11.3 Å². The number of piperidine rings is 2. The van der Waals surface area contributed by atoms with E-state index in [4.69, 9.17) is 0 Å². The van der Waals surface area contributed by atoms with Crippen LogP contribution in [-0.2, 0) is 4.79 Å². The van der Waals surface area contributed by atoms with Gasteiger partial charge in [-0.1, -0.05) is 18.2 Å². The van der Waals surface area contributed by atoms with Gasteiger partial charge < -0.3 is 15.1 Å². The number of thiophene rings is 1. The Balaban J connectivity index is 1.45. The van der Waals surface area contributed by atoms with Crippen molar-refractivity contribution >= 4 is 29.1 Å². The Kier molecular flexibility index (Phi) is 7.19. The van der Waals surface area contributed by atoms with Crippen LogP contribution in [0.2, 0.25) is 0 Å². The molecular formula is C24H28FN3O3S. The number of rotatable bonds is 5. The largest absolute Gasteiger partial charge is 0.341 e. The molecule has 170 valence electrons. The number of halogens is 1. The predicted molar refractivity (Wildman–Crippen MR) is 121 cm³/mol. The van der Waals surface area contributed by atoms with Crippen LogP contribution < -0.4 is 5.32 Å². The molecule has 0 spiro atoms. The second kappa shape index (κ2) is 10.3. The van der Waals surface area contributed by atoms with E-state index in [1.165, 1.54) is 23.5 Å². The number of carbonyl (C=O) groups is 3. The van der Waals surface area contributed by atoms with Crippen molar-refractivity contribution in [3.8, 4) is 0 Å². The molecule has 8 heteroatoms. The molecule has 0 bridgehead atoms. The average Bonchev–Trinajstić information content (AvgIpc) is 3.38. The first-order valence-electron chi connectivity index (χ1n) is 11.2. The lowest BCUT2D eigenvalue weighted by atomic mass is 9.87. The number of hydrogen-bond donors (Lipinski definition) is 1. The zero-order chi connectivity index (χ0) is 22.5. The summed E-state index contributed by atoms with van der Waals surface area (Å²) in [6.07, 6.45) is 4.23. The first kappa shape index (κ1) is 22.5. The van der Waals surface area contributed by atoms with Crippen LogP contribution in [-0.4, -0.2) is 59.7 Å². The zero-order valence-electron chi connectivity index (χ0n) is 18.0. The van der Waals surface area contributed by atoms with Crippen molar-refractivity contribution in [3.05, 3.63) is 58.0 Å². The van der Waals surface area contributed by atoms with Crippen molar-refractivity contribution in [3.63, 3.8) is 0 Å². The zero-order valence-corrected chi connectivity index (χ0v) is 18.8. The Morgan fingerprint density at radius 2 is 1.66 bits per heavy atom. The predicted octanol–water partition coefficient (Wildman–Crippen LogP) is 3.55. The highest BCUT2D eigenvalue weighted by atomic mass is 32.1. The number of likely N-dealkylation sites (tertiary alicyclic amines) is 2. The van der Waals surface area contributed by atoms with Gasteiger partial charge in [0.2, 0.25) is 5.91 Å². The maximum atomic E-state index is 14.0. The fourth-order valence-corrected chi connectivity index (χ4v) is 5.18. The van der Waals surface area contributed by atoms with E-state index in [1.807, 2.05) is 16.3 Å². The first-order chi connectivity index (χ1) is 15.5. The van der Waals surface area contributed by atoms with E-state index < -0.39 is 11.9 Å². The number of benzene rings is 1. The van der Waals surface area contributed by atoms with Crippen molar-refractivity contribution in [2.24, 2.45) is 5.92 Å². The summed E-state index contributed by atoms with van der Waals surface area (Å²) in [6, 6.07) is 8.93. The number of hydrogen-bond acceptors (Lipinski definition) is 4. The molecule has 3 heterocycles. The maximum Gasteiger partial charge on any atom is 0.262 e. The summed E-state index contributed by atoms with van der Waals surface area (Å²) in [6.45, 7) is 2.29. The number of carbonyl (C=O) groups excluding carboxylic acids is 3. The molecule has 32 heavy (non-hydrogen) atoms. The van der Waals surface area contributed by atoms with E-state index in [1.54, 1.807) is 23.1 Å². The molecule has 3 amide bonds. The molecule has 0 aliphatic carbocycles. The van der Waals surface area contributed by atoms with Crippen LogP contribution >= 0.6 is 11.3 Å². The van der Waals surface area contributed by atoms with E-state index >= 15 is 0 Å². The van der Waals surface area contributed by atoms with Gasteiger partial charge in [0, 0.05) is 26.2 Å². The highest BCUT2D eigenvalue weighted by molar-refractivity contribution is 7.12. The third kappa shape index (κ3) is 5.01. The Bertz CT molecular complexity index is 951. The Morgan fingerprint density at radius 3 is 2.31 bits per heavy atom. The fraction of sp³-hybridized carbons (Fsp3) is 0.458. The van der Waals surface area contributed by atoms with Gasteiger partial charge in [-0.2, -0.15) is 0 Å². The Hall–Kier alpha value is -2.74. The standard InChI is InChI=1S/C24H28FN3O3S/c25-19-8-3-2-7-18(19)23(30)28-14-10-17(11-15-28)21(24(31)27-12-4-1-5-13-27)26-22(29)20-9-6-16-32-20/h2-3,6-9,16-17,21H,1,4-5,10-15H2,(H,26,29). The molecule has 2 aromatic rings. The number of nitrogens with one attached hydrogen (secondary N) is 1. The molecule has 1 N–H and O–H groups in total. The molecule has 2 fully saturated rings. The summed E-state index contributed by atoms with van der Waals surface area (Å²) in [7, 11) is 0.